The van der Waals surface area contributed by atoms with Crippen molar-refractivity contribution < 1.29 is 9.53 Å². The van der Waals surface area contributed by atoms with Gasteiger partial charge in [0.05, 0.1) is 18.0 Å². The quantitative estimate of drug-likeness (QED) is 0.755. The largest absolute Gasteiger partial charge is 0.376 e. The number of hydrogen-bond acceptors (Lipinski definition) is 4. The Balaban J connectivity index is 1.69. The number of carbonyl (C=O) groups excluding carboxylic acids is 1. The molecule has 6 nitrogen and oxygen atoms in total. The van der Waals surface area contributed by atoms with Crippen molar-refractivity contribution in [2.24, 2.45) is 0 Å². The summed E-state index contributed by atoms with van der Waals surface area (Å²) in [6, 6.07) is 16.7. The summed E-state index contributed by atoms with van der Waals surface area (Å²) in [5, 5.41) is 8.35. The molecule has 1 fully saturated rings. The smallest absolute Gasteiger partial charge is 0.274 e. The number of fused-ring (bicyclic) bond motifs is 1. The minimum absolute atomic E-state index is 0.0513. The van der Waals surface area contributed by atoms with Gasteiger partial charge in [-0.1, -0.05) is 48.5 Å². The molecule has 4 rings (SSSR count). The molecule has 27 heavy (non-hydrogen) atoms. The second-order valence-electron chi connectivity index (χ2n) is 6.69. The molecule has 3 aromatic rings. The number of benzene rings is 2. The van der Waals surface area contributed by atoms with E-state index >= 15 is 0 Å². The summed E-state index contributed by atoms with van der Waals surface area (Å²) in [5.41, 5.74) is 1.01. The maximum atomic E-state index is 12.8. The van der Waals surface area contributed by atoms with Crippen LogP contribution in [0.15, 0.2) is 59.4 Å². The molecule has 1 atom stereocenters. The molecule has 1 aliphatic rings. The zero-order valence-electron chi connectivity index (χ0n) is 14.9. The topological polar surface area (TPSA) is 73.2 Å². The minimum Gasteiger partial charge on any atom is -0.376 e. The van der Waals surface area contributed by atoms with Crippen molar-refractivity contribution in [1.29, 1.82) is 0 Å². The van der Waals surface area contributed by atoms with E-state index in [-0.39, 0.29) is 23.3 Å². The van der Waals surface area contributed by atoms with E-state index in [1.165, 1.54) is 4.68 Å². The number of ether oxygens (including phenoxy) is 1. The van der Waals surface area contributed by atoms with E-state index in [1.807, 2.05) is 36.4 Å². The number of aromatic nitrogens is 2. The Morgan fingerprint density at radius 2 is 1.85 bits per heavy atom. The molecule has 0 radical (unpaired) electrons. The minimum atomic E-state index is -0.288. The lowest BCUT2D eigenvalue weighted by molar-refractivity contribution is 0.0853. The normalized spacial score (nSPS) is 16.5. The second-order valence-corrected chi connectivity index (χ2v) is 6.69. The van der Waals surface area contributed by atoms with Gasteiger partial charge in [0.25, 0.3) is 11.5 Å². The third-order valence-corrected chi connectivity index (χ3v) is 4.77. The first-order valence-corrected chi connectivity index (χ1v) is 9.16. The van der Waals surface area contributed by atoms with Crippen LogP contribution in [-0.4, -0.2) is 34.9 Å². The van der Waals surface area contributed by atoms with Crippen molar-refractivity contribution >= 4 is 16.7 Å². The van der Waals surface area contributed by atoms with Crippen molar-refractivity contribution in [3.63, 3.8) is 0 Å². The van der Waals surface area contributed by atoms with Crippen LogP contribution in [0, 0.1) is 0 Å². The molecule has 1 aliphatic heterocycles. The molecule has 1 saturated heterocycles. The predicted molar refractivity (Wildman–Crippen MR) is 103 cm³/mol. The van der Waals surface area contributed by atoms with Crippen molar-refractivity contribution in [2.45, 2.75) is 25.5 Å². The Labute approximate surface area is 156 Å². The van der Waals surface area contributed by atoms with Crippen molar-refractivity contribution in [2.75, 3.05) is 13.2 Å². The van der Waals surface area contributed by atoms with E-state index < -0.39 is 0 Å². The van der Waals surface area contributed by atoms with Gasteiger partial charge in [-0.25, -0.2) is 4.68 Å². The van der Waals surface area contributed by atoms with Crippen molar-refractivity contribution in [1.82, 2.24) is 15.1 Å². The van der Waals surface area contributed by atoms with Gasteiger partial charge in [-0.3, -0.25) is 9.59 Å². The van der Waals surface area contributed by atoms with E-state index in [4.69, 9.17) is 4.74 Å². The third-order valence-electron chi connectivity index (χ3n) is 4.77. The van der Waals surface area contributed by atoms with Gasteiger partial charge >= 0.3 is 0 Å². The Kier molecular flexibility index (Phi) is 4.98. The lowest BCUT2D eigenvalue weighted by Gasteiger charge is -2.13. The molecular weight excluding hydrogens is 342 g/mol. The van der Waals surface area contributed by atoms with Crippen molar-refractivity contribution in [3.05, 3.63) is 76.2 Å². The first-order valence-electron chi connectivity index (χ1n) is 9.16. The molecular formula is C21H21N3O3. The van der Waals surface area contributed by atoms with Crippen LogP contribution in [0.2, 0.25) is 0 Å². The lowest BCUT2D eigenvalue weighted by Crippen LogP contribution is -2.34. The fraction of sp³-hybridized carbons (Fsp3) is 0.286. The molecule has 0 unspecified atom stereocenters. The van der Waals surface area contributed by atoms with Gasteiger partial charge in [-0.2, -0.15) is 5.10 Å². The Bertz CT molecular complexity index is 1010. The van der Waals surface area contributed by atoms with E-state index in [2.05, 4.69) is 10.4 Å². The Hall–Kier alpha value is -2.99. The van der Waals surface area contributed by atoms with Crippen LogP contribution in [0.1, 0.15) is 28.9 Å². The molecule has 1 N–H and O–H groups in total. The highest BCUT2D eigenvalue weighted by Gasteiger charge is 2.20. The Morgan fingerprint density at radius 3 is 2.59 bits per heavy atom. The fourth-order valence-corrected chi connectivity index (χ4v) is 3.36. The number of amides is 1. The van der Waals surface area contributed by atoms with Gasteiger partial charge in [0, 0.05) is 18.5 Å². The maximum Gasteiger partial charge on any atom is 0.274 e. The van der Waals surface area contributed by atoms with Crippen LogP contribution < -0.4 is 10.9 Å². The lowest BCUT2D eigenvalue weighted by atomic mass is 10.1. The van der Waals surface area contributed by atoms with Crippen LogP contribution in [0.3, 0.4) is 0 Å². The average Bonchev–Trinajstić information content (AvgIpc) is 3.23. The molecule has 1 amide bonds. The van der Waals surface area contributed by atoms with Crippen LogP contribution in [0.5, 0.6) is 0 Å². The number of rotatable bonds is 5. The summed E-state index contributed by atoms with van der Waals surface area (Å²) in [5.74, 6) is -0.288. The summed E-state index contributed by atoms with van der Waals surface area (Å²) in [6.45, 7) is 1.51. The summed E-state index contributed by atoms with van der Waals surface area (Å²) >= 11 is 0. The number of hydrogen-bond donors (Lipinski definition) is 1. The first kappa shape index (κ1) is 17.4. The van der Waals surface area contributed by atoms with Crippen molar-refractivity contribution in [3.8, 4) is 0 Å². The molecule has 2 heterocycles. The van der Waals surface area contributed by atoms with Gasteiger partial charge < -0.3 is 10.1 Å². The van der Waals surface area contributed by atoms with E-state index in [1.54, 1.807) is 18.2 Å². The first-order chi connectivity index (χ1) is 13.2. The van der Waals surface area contributed by atoms with Crippen LogP contribution in [0.4, 0.5) is 0 Å². The molecule has 2 aromatic carbocycles. The predicted octanol–water partition coefficient (Wildman–Crippen LogP) is 2.35. The SMILES string of the molecule is O=C(NC[C@@H]1CCCO1)c1nn(Cc2ccccc2)c(=O)c2ccccc12. The number of nitrogens with one attached hydrogen (secondary N) is 1. The van der Waals surface area contributed by atoms with Crippen LogP contribution in [0.25, 0.3) is 10.8 Å². The summed E-state index contributed by atoms with van der Waals surface area (Å²) < 4.78 is 6.92. The molecule has 0 bridgehead atoms. The van der Waals surface area contributed by atoms with Gasteiger partial charge in [0.15, 0.2) is 5.69 Å². The summed E-state index contributed by atoms with van der Waals surface area (Å²) in [4.78, 5) is 25.6. The third kappa shape index (κ3) is 3.75. The second kappa shape index (κ2) is 7.72. The summed E-state index contributed by atoms with van der Waals surface area (Å²) in [6.07, 6.45) is 2.02. The van der Waals surface area contributed by atoms with Crippen LogP contribution in [-0.2, 0) is 11.3 Å². The maximum absolute atomic E-state index is 12.8. The highest BCUT2D eigenvalue weighted by atomic mass is 16.5. The number of nitrogens with zero attached hydrogens (tertiary/aromatic N) is 2. The van der Waals surface area contributed by atoms with Gasteiger partial charge in [0.2, 0.25) is 0 Å². The monoisotopic (exact) mass is 363 g/mol. The highest BCUT2D eigenvalue weighted by molar-refractivity contribution is 6.04. The number of carbonyl (C=O) groups is 1. The molecule has 6 heteroatoms. The standard InChI is InChI=1S/C21H21N3O3/c25-20(22-13-16-9-6-12-27-16)19-17-10-4-5-11-18(17)21(26)24(23-19)14-15-7-2-1-3-8-15/h1-5,7-8,10-11,16H,6,9,12-14H2,(H,22,25)/t16-/m0/s1. The molecule has 0 spiro atoms. The van der Waals surface area contributed by atoms with E-state index in [0.29, 0.717) is 23.9 Å². The van der Waals surface area contributed by atoms with E-state index in [0.717, 1.165) is 25.0 Å². The molecule has 0 saturated carbocycles. The summed E-state index contributed by atoms with van der Waals surface area (Å²) in [7, 11) is 0. The van der Waals surface area contributed by atoms with Crippen LogP contribution >= 0.6 is 0 Å². The molecule has 1 aromatic heterocycles. The van der Waals surface area contributed by atoms with Gasteiger partial charge in [0.1, 0.15) is 0 Å². The zero-order valence-corrected chi connectivity index (χ0v) is 14.9. The average molecular weight is 363 g/mol. The molecule has 0 aliphatic carbocycles. The molecule has 138 valence electrons. The van der Waals surface area contributed by atoms with Gasteiger partial charge in [-0.15, -0.1) is 0 Å². The Morgan fingerprint density at radius 1 is 1.11 bits per heavy atom. The van der Waals surface area contributed by atoms with Gasteiger partial charge in [-0.05, 0) is 24.5 Å². The van der Waals surface area contributed by atoms with E-state index in [9.17, 15) is 9.59 Å². The fourth-order valence-electron chi connectivity index (χ4n) is 3.36. The zero-order chi connectivity index (χ0) is 18.6. The highest BCUT2D eigenvalue weighted by Crippen LogP contribution is 2.15.